The first-order chi connectivity index (χ1) is 10.3. The summed E-state index contributed by atoms with van der Waals surface area (Å²) in [6.45, 7) is 0. The summed E-state index contributed by atoms with van der Waals surface area (Å²) >= 11 is 1.58. The molecule has 0 saturated carbocycles. The number of rotatable bonds is 3. The number of aromatic nitrogens is 2. The van der Waals surface area contributed by atoms with Gasteiger partial charge < -0.3 is 5.32 Å². The third-order valence-electron chi connectivity index (χ3n) is 3.04. The highest BCUT2D eigenvalue weighted by molar-refractivity contribution is 7.98. The number of hydrogen-bond donors (Lipinski definition) is 1. The molecule has 0 aliphatic rings. The fraction of sp³-hybridized carbons (Fsp3) is 0.0625. The van der Waals surface area contributed by atoms with Crippen molar-refractivity contribution in [3.8, 4) is 0 Å². The van der Waals surface area contributed by atoms with Gasteiger partial charge in [0.15, 0.2) is 0 Å². The van der Waals surface area contributed by atoms with Crippen LogP contribution in [0.15, 0.2) is 59.6 Å². The minimum atomic E-state index is -0.255. The molecule has 104 valence electrons. The Morgan fingerprint density at radius 3 is 2.57 bits per heavy atom. The van der Waals surface area contributed by atoms with Gasteiger partial charge in [0.05, 0.1) is 22.9 Å². The fourth-order valence-electron chi connectivity index (χ4n) is 2.00. The fourth-order valence-corrected chi connectivity index (χ4v) is 2.55. The Hall–Kier alpha value is -2.40. The second-order valence-corrected chi connectivity index (χ2v) is 5.25. The third-order valence-corrected chi connectivity index (χ3v) is 3.83. The van der Waals surface area contributed by atoms with Crippen LogP contribution in [0.25, 0.3) is 11.0 Å². The number of fused-ring (bicyclic) bond motifs is 1. The summed E-state index contributed by atoms with van der Waals surface area (Å²) < 4.78 is 0. The van der Waals surface area contributed by atoms with E-state index in [0.717, 1.165) is 16.1 Å². The van der Waals surface area contributed by atoms with Gasteiger partial charge in [-0.25, -0.2) is 4.98 Å². The summed E-state index contributed by atoms with van der Waals surface area (Å²) in [7, 11) is 0. The molecular weight excluding hydrogens is 282 g/mol. The number of thioether (sulfide) groups is 1. The van der Waals surface area contributed by atoms with E-state index >= 15 is 0 Å². The predicted octanol–water partition coefficient (Wildman–Crippen LogP) is 3.60. The van der Waals surface area contributed by atoms with Gasteiger partial charge in [0.1, 0.15) is 5.69 Å². The van der Waals surface area contributed by atoms with E-state index in [-0.39, 0.29) is 5.91 Å². The number of carbonyl (C=O) groups is 1. The number of carbonyl (C=O) groups excluding carboxylic acids is 1. The maximum atomic E-state index is 12.3. The normalized spacial score (nSPS) is 10.5. The molecule has 3 rings (SSSR count). The first-order valence-electron chi connectivity index (χ1n) is 6.44. The molecule has 0 bridgehead atoms. The molecule has 0 spiro atoms. The lowest BCUT2D eigenvalue weighted by Gasteiger charge is -2.08. The van der Waals surface area contributed by atoms with Crippen LogP contribution in [-0.4, -0.2) is 22.1 Å². The molecule has 0 saturated heterocycles. The molecule has 1 N–H and O–H groups in total. The highest BCUT2D eigenvalue weighted by atomic mass is 32.2. The molecule has 1 heterocycles. The minimum Gasteiger partial charge on any atom is -0.320 e. The van der Waals surface area contributed by atoms with E-state index in [1.54, 1.807) is 11.8 Å². The first kappa shape index (κ1) is 13.6. The number of nitrogens with zero attached hydrogens (tertiary/aromatic N) is 2. The zero-order valence-corrected chi connectivity index (χ0v) is 12.2. The first-order valence-corrected chi connectivity index (χ1v) is 7.66. The van der Waals surface area contributed by atoms with Gasteiger partial charge in [0, 0.05) is 4.90 Å². The topological polar surface area (TPSA) is 54.9 Å². The molecule has 0 fully saturated rings. The molecule has 5 heteroatoms. The van der Waals surface area contributed by atoms with Gasteiger partial charge >= 0.3 is 0 Å². The molecule has 0 aliphatic carbocycles. The van der Waals surface area contributed by atoms with Gasteiger partial charge in [0.25, 0.3) is 5.91 Å². The second-order valence-electron chi connectivity index (χ2n) is 4.40. The van der Waals surface area contributed by atoms with E-state index in [1.165, 1.54) is 6.20 Å². The summed E-state index contributed by atoms with van der Waals surface area (Å²) in [5.74, 6) is -0.255. The Morgan fingerprint density at radius 1 is 1.05 bits per heavy atom. The zero-order chi connectivity index (χ0) is 14.7. The maximum absolute atomic E-state index is 12.3. The Bertz CT molecular complexity index is 804. The molecular formula is C16H13N3OS. The average molecular weight is 295 g/mol. The van der Waals surface area contributed by atoms with Crippen molar-refractivity contribution in [1.29, 1.82) is 0 Å². The van der Waals surface area contributed by atoms with Crippen LogP contribution in [0, 0.1) is 0 Å². The molecule has 21 heavy (non-hydrogen) atoms. The zero-order valence-electron chi connectivity index (χ0n) is 11.4. The van der Waals surface area contributed by atoms with Crippen LogP contribution < -0.4 is 5.32 Å². The molecule has 2 aromatic carbocycles. The number of hydrogen-bond acceptors (Lipinski definition) is 4. The van der Waals surface area contributed by atoms with E-state index in [4.69, 9.17) is 0 Å². The molecule has 0 atom stereocenters. The van der Waals surface area contributed by atoms with Crippen LogP contribution in [0.2, 0.25) is 0 Å². The summed E-state index contributed by atoms with van der Waals surface area (Å²) in [6.07, 6.45) is 3.47. The monoisotopic (exact) mass is 295 g/mol. The number of para-hydroxylation sites is 3. The van der Waals surface area contributed by atoms with E-state index in [0.29, 0.717) is 11.2 Å². The van der Waals surface area contributed by atoms with Crippen LogP contribution in [0.4, 0.5) is 5.69 Å². The molecule has 1 amide bonds. The smallest absolute Gasteiger partial charge is 0.275 e. The van der Waals surface area contributed by atoms with Crippen molar-refractivity contribution in [2.45, 2.75) is 4.90 Å². The van der Waals surface area contributed by atoms with Crippen LogP contribution in [-0.2, 0) is 0 Å². The summed E-state index contributed by atoms with van der Waals surface area (Å²) in [6, 6.07) is 15.2. The number of nitrogens with one attached hydrogen (secondary N) is 1. The molecule has 0 radical (unpaired) electrons. The van der Waals surface area contributed by atoms with Gasteiger partial charge in [-0.15, -0.1) is 11.8 Å². The van der Waals surface area contributed by atoms with E-state index in [1.807, 2.05) is 54.8 Å². The lowest BCUT2D eigenvalue weighted by molar-refractivity contribution is 0.102. The molecule has 0 aliphatic heterocycles. The molecule has 4 nitrogen and oxygen atoms in total. The minimum absolute atomic E-state index is 0.255. The Balaban J connectivity index is 1.90. The molecule has 3 aromatic rings. The SMILES string of the molecule is CSc1ccccc1NC(=O)c1cnc2ccccc2n1. The molecule has 1 aromatic heterocycles. The van der Waals surface area contributed by atoms with Gasteiger partial charge in [0.2, 0.25) is 0 Å². The van der Waals surface area contributed by atoms with Crippen molar-refractivity contribution < 1.29 is 4.79 Å². The van der Waals surface area contributed by atoms with Crippen molar-refractivity contribution in [3.63, 3.8) is 0 Å². The summed E-state index contributed by atoms with van der Waals surface area (Å²) in [5, 5.41) is 2.88. The second kappa shape index (κ2) is 5.93. The standard InChI is InChI=1S/C16H13N3OS/c1-21-15-9-5-4-8-13(15)19-16(20)14-10-17-11-6-2-3-7-12(11)18-14/h2-10H,1H3,(H,19,20). The van der Waals surface area contributed by atoms with E-state index in [2.05, 4.69) is 15.3 Å². The number of anilines is 1. The predicted molar refractivity (Wildman–Crippen MR) is 85.7 cm³/mol. The van der Waals surface area contributed by atoms with Gasteiger partial charge in [-0.1, -0.05) is 24.3 Å². The summed E-state index contributed by atoms with van der Waals surface area (Å²) in [4.78, 5) is 21.9. The number of amides is 1. The maximum Gasteiger partial charge on any atom is 0.275 e. The van der Waals surface area contributed by atoms with E-state index < -0.39 is 0 Å². The molecule has 0 unspecified atom stereocenters. The van der Waals surface area contributed by atoms with Gasteiger partial charge in [-0.3, -0.25) is 9.78 Å². The average Bonchev–Trinajstić information content (AvgIpc) is 2.55. The van der Waals surface area contributed by atoms with E-state index in [9.17, 15) is 4.79 Å². The highest BCUT2D eigenvalue weighted by Gasteiger charge is 2.11. The van der Waals surface area contributed by atoms with Crippen molar-refractivity contribution >= 4 is 34.4 Å². The van der Waals surface area contributed by atoms with Crippen molar-refractivity contribution in [2.75, 3.05) is 11.6 Å². The largest absolute Gasteiger partial charge is 0.320 e. The van der Waals surface area contributed by atoms with Crippen molar-refractivity contribution in [1.82, 2.24) is 9.97 Å². The Labute approximate surface area is 126 Å². The van der Waals surface area contributed by atoms with Gasteiger partial charge in [-0.2, -0.15) is 0 Å². The Kier molecular flexibility index (Phi) is 3.83. The van der Waals surface area contributed by atoms with Crippen LogP contribution in [0.1, 0.15) is 10.5 Å². The van der Waals surface area contributed by atoms with Crippen LogP contribution >= 0.6 is 11.8 Å². The highest BCUT2D eigenvalue weighted by Crippen LogP contribution is 2.25. The van der Waals surface area contributed by atoms with Crippen LogP contribution in [0.5, 0.6) is 0 Å². The van der Waals surface area contributed by atoms with Crippen molar-refractivity contribution in [3.05, 3.63) is 60.4 Å². The third kappa shape index (κ3) is 2.87. The van der Waals surface area contributed by atoms with Crippen molar-refractivity contribution in [2.24, 2.45) is 0 Å². The van der Waals surface area contributed by atoms with Gasteiger partial charge in [-0.05, 0) is 30.5 Å². The quantitative estimate of drug-likeness (QED) is 0.750. The number of benzene rings is 2. The lowest BCUT2D eigenvalue weighted by atomic mass is 10.2. The lowest BCUT2D eigenvalue weighted by Crippen LogP contribution is -2.14. The summed E-state index contributed by atoms with van der Waals surface area (Å²) in [5.41, 5.74) is 2.58. The van der Waals surface area contributed by atoms with Crippen LogP contribution in [0.3, 0.4) is 0 Å². The Morgan fingerprint density at radius 2 is 1.76 bits per heavy atom.